The average molecular weight is 282 g/mol. The Morgan fingerprint density at radius 1 is 0.950 bits per heavy atom. The van der Waals surface area contributed by atoms with Crippen molar-refractivity contribution in [3.63, 3.8) is 0 Å². The largest absolute Gasteiger partial charge is 0.496 e. The lowest BCUT2D eigenvalue weighted by Crippen LogP contribution is -2.40. The van der Waals surface area contributed by atoms with Gasteiger partial charge in [-0.15, -0.1) is 0 Å². The Hall–Kier alpha value is -1.80. The third kappa shape index (κ3) is 3.61. The molecule has 0 fully saturated rings. The second-order valence-corrected chi connectivity index (χ2v) is 10.4. The van der Waals surface area contributed by atoms with Gasteiger partial charge in [0.05, 0.1) is 15.2 Å². The van der Waals surface area contributed by atoms with Crippen molar-refractivity contribution < 1.29 is 4.74 Å². The van der Waals surface area contributed by atoms with Crippen molar-refractivity contribution in [1.29, 1.82) is 0 Å². The first-order valence-electron chi connectivity index (χ1n) is 6.98. The van der Waals surface area contributed by atoms with Gasteiger partial charge in [0.15, 0.2) is 0 Å². The van der Waals surface area contributed by atoms with E-state index in [2.05, 4.69) is 61.6 Å². The fraction of sp³-hybridized carbons (Fsp3) is 0.222. The van der Waals surface area contributed by atoms with E-state index in [4.69, 9.17) is 4.74 Å². The summed E-state index contributed by atoms with van der Waals surface area (Å²) in [7, 11) is 0.329. The van der Waals surface area contributed by atoms with Crippen LogP contribution in [0.4, 0.5) is 0 Å². The molecule has 0 aliphatic rings. The summed E-state index contributed by atoms with van der Waals surface area (Å²) in [6.07, 6.45) is 4.47. The number of methoxy groups -OCH3 is 1. The first-order valence-corrected chi connectivity index (χ1v) is 10.2. The summed E-state index contributed by atoms with van der Waals surface area (Å²) >= 11 is 0. The molecular weight excluding hydrogens is 260 g/mol. The SMILES string of the molecule is COc1ccccc1/C=C/C[Si](C)(C)c1ccccc1. The highest BCUT2D eigenvalue weighted by atomic mass is 28.3. The van der Waals surface area contributed by atoms with Crippen LogP contribution in [0.5, 0.6) is 5.75 Å². The van der Waals surface area contributed by atoms with E-state index in [1.807, 2.05) is 18.2 Å². The van der Waals surface area contributed by atoms with Gasteiger partial charge in [-0.25, -0.2) is 0 Å². The number of allylic oxidation sites excluding steroid dienone is 1. The van der Waals surface area contributed by atoms with Crippen LogP contribution in [-0.4, -0.2) is 15.2 Å². The molecule has 20 heavy (non-hydrogen) atoms. The average Bonchev–Trinajstić information content (AvgIpc) is 2.48. The molecule has 2 aromatic carbocycles. The van der Waals surface area contributed by atoms with E-state index < -0.39 is 8.07 Å². The zero-order valence-electron chi connectivity index (χ0n) is 12.5. The summed E-state index contributed by atoms with van der Waals surface area (Å²) in [4.78, 5) is 0. The maximum absolute atomic E-state index is 5.37. The van der Waals surface area contributed by atoms with Crippen molar-refractivity contribution in [3.8, 4) is 5.75 Å². The molecule has 2 aromatic rings. The standard InChI is InChI=1S/C18H22OSi/c1-19-18-14-8-7-10-16(18)11-9-15-20(2,3)17-12-5-4-6-13-17/h4-14H,15H2,1-3H3/b11-9+. The van der Waals surface area contributed by atoms with Gasteiger partial charge in [0.1, 0.15) is 5.75 Å². The molecule has 0 aliphatic carbocycles. The predicted octanol–water partition coefficient (Wildman–Crippen LogP) is 4.32. The van der Waals surface area contributed by atoms with E-state index in [1.165, 1.54) is 5.19 Å². The second kappa shape index (κ2) is 6.57. The van der Waals surface area contributed by atoms with Gasteiger partial charge in [-0.05, 0) is 12.1 Å². The normalized spacial score (nSPS) is 11.8. The molecule has 0 radical (unpaired) electrons. The van der Waals surface area contributed by atoms with Gasteiger partial charge in [0.25, 0.3) is 0 Å². The van der Waals surface area contributed by atoms with Crippen LogP contribution in [0.3, 0.4) is 0 Å². The first-order chi connectivity index (χ1) is 9.63. The van der Waals surface area contributed by atoms with Gasteiger partial charge in [0, 0.05) is 5.56 Å². The highest BCUT2D eigenvalue weighted by Crippen LogP contribution is 2.20. The molecule has 0 N–H and O–H groups in total. The Kier molecular flexibility index (Phi) is 4.80. The summed E-state index contributed by atoms with van der Waals surface area (Å²) < 4.78 is 5.37. The molecule has 0 aromatic heterocycles. The van der Waals surface area contributed by atoms with Gasteiger partial charge in [-0.1, -0.05) is 79.0 Å². The minimum absolute atomic E-state index is 0.933. The molecule has 0 aliphatic heterocycles. The van der Waals surface area contributed by atoms with Crippen LogP contribution in [0.25, 0.3) is 6.08 Å². The zero-order chi connectivity index (χ0) is 14.4. The number of benzene rings is 2. The molecule has 0 amide bonds. The number of rotatable bonds is 5. The number of hydrogen-bond acceptors (Lipinski definition) is 1. The second-order valence-electron chi connectivity index (χ2n) is 5.60. The molecule has 0 bridgehead atoms. The third-order valence-electron chi connectivity index (χ3n) is 3.62. The van der Waals surface area contributed by atoms with Gasteiger partial charge in [-0.3, -0.25) is 0 Å². The zero-order valence-corrected chi connectivity index (χ0v) is 13.5. The highest BCUT2D eigenvalue weighted by Gasteiger charge is 2.20. The van der Waals surface area contributed by atoms with Crippen LogP contribution in [0.2, 0.25) is 19.1 Å². The van der Waals surface area contributed by atoms with Crippen molar-refractivity contribution >= 4 is 19.3 Å². The number of para-hydroxylation sites is 1. The summed E-state index contributed by atoms with van der Waals surface area (Å²) in [6, 6.07) is 20.1. The number of ether oxygens (including phenoxy) is 1. The van der Waals surface area contributed by atoms with Crippen molar-refractivity contribution in [2.45, 2.75) is 19.1 Å². The first kappa shape index (κ1) is 14.6. The van der Waals surface area contributed by atoms with E-state index in [-0.39, 0.29) is 0 Å². The Labute approximate surface area is 122 Å². The van der Waals surface area contributed by atoms with Gasteiger partial charge >= 0.3 is 0 Å². The molecule has 0 saturated heterocycles. The van der Waals surface area contributed by atoms with Crippen LogP contribution in [-0.2, 0) is 0 Å². The number of hydrogen-bond donors (Lipinski definition) is 0. The van der Waals surface area contributed by atoms with Gasteiger partial charge in [-0.2, -0.15) is 0 Å². The minimum Gasteiger partial charge on any atom is -0.496 e. The fourth-order valence-electron chi connectivity index (χ4n) is 2.29. The predicted molar refractivity (Wildman–Crippen MR) is 90.4 cm³/mol. The summed E-state index contributed by atoms with van der Waals surface area (Å²) in [6.45, 7) is 4.82. The quantitative estimate of drug-likeness (QED) is 0.742. The summed E-state index contributed by atoms with van der Waals surface area (Å²) in [5.74, 6) is 0.933. The maximum Gasteiger partial charge on any atom is 0.126 e. The molecule has 0 unspecified atom stereocenters. The smallest absolute Gasteiger partial charge is 0.126 e. The van der Waals surface area contributed by atoms with Crippen LogP contribution in [0.15, 0.2) is 60.7 Å². The Balaban J connectivity index is 2.10. The molecule has 0 spiro atoms. The lowest BCUT2D eigenvalue weighted by molar-refractivity contribution is 0.414. The van der Waals surface area contributed by atoms with Crippen molar-refractivity contribution in [2.75, 3.05) is 7.11 Å². The van der Waals surface area contributed by atoms with E-state index >= 15 is 0 Å². The minimum atomic E-state index is -1.39. The topological polar surface area (TPSA) is 9.23 Å². The molecule has 0 saturated carbocycles. The van der Waals surface area contributed by atoms with Crippen molar-refractivity contribution in [3.05, 3.63) is 66.2 Å². The van der Waals surface area contributed by atoms with Crippen molar-refractivity contribution in [1.82, 2.24) is 0 Å². The molecule has 1 nitrogen and oxygen atoms in total. The fourth-order valence-corrected chi connectivity index (χ4v) is 4.33. The Morgan fingerprint density at radius 2 is 1.60 bits per heavy atom. The van der Waals surface area contributed by atoms with E-state index in [9.17, 15) is 0 Å². The highest BCUT2D eigenvalue weighted by molar-refractivity contribution is 6.90. The van der Waals surface area contributed by atoms with Crippen LogP contribution >= 0.6 is 0 Å². The Bertz CT molecular complexity index is 573. The summed E-state index contributed by atoms with van der Waals surface area (Å²) in [5, 5.41) is 1.50. The molecule has 0 heterocycles. The lowest BCUT2D eigenvalue weighted by atomic mass is 10.2. The molecule has 2 heteroatoms. The monoisotopic (exact) mass is 282 g/mol. The third-order valence-corrected chi connectivity index (χ3v) is 6.77. The molecule has 0 atom stereocenters. The Morgan fingerprint density at radius 3 is 2.30 bits per heavy atom. The van der Waals surface area contributed by atoms with Crippen LogP contribution in [0.1, 0.15) is 5.56 Å². The molecule has 2 rings (SSSR count). The van der Waals surface area contributed by atoms with Gasteiger partial charge < -0.3 is 4.74 Å². The molecule has 104 valence electrons. The maximum atomic E-state index is 5.37. The summed E-state index contributed by atoms with van der Waals surface area (Å²) in [5.41, 5.74) is 1.15. The molecular formula is C18H22OSi. The van der Waals surface area contributed by atoms with E-state index in [1.54, 1.807) is 7.11 Å². The van der Waals surface area contributed by atoms with Crippen LogP contribution < -0.4 is 9.92 Å². The van der Waals surface area contributed by atoms with Gasteiger partial charge in [0.2, 0.25) is 0 Å². The van der Waals surface area contributed by atoms with Crippen LogP contribution in [0, 0.1) is 0 Å². The van der Waals surface area contributed by atoms with E-state index in [0.29, 0.717) is 0 Å². The lowest BCUT2D eigenvalue weighted by Gasteiger charge is -2.21. The van der Waals surface area contributed by atoms with Crippen molar-refractivity contribution in [2.24, 2.45) is 0 Å². The van der Waals surface area contributed by atoms with E-state index in [0.717, 1.165) is 17.4 Å².